The smallest absolute Gasteiger partial charge is 0.340 e. The molecule has 2 aromatic heterocycles. The van der Waals surface area contributed by atoms with Crippen LogP contribution in [0.1, 0.15) is 23.6 Å². The fourth-order valence-corrected chi connectivity index (χ4v) is 4.05. The highest BCUT2D eigenvalue weighted by atomic mass is 32.2. The van der Waals surface area contributed by atoms with Gasteiger partial charge in [0, 0.05) is 42.9 Å². The predicted octanol–water partition coefficient (Wildman–Crippen LogP) is 3.05. The number of nitrogens with one attached hydrogen (secondary N) is 2. The molecule has 12 heteroatoms. The molecule has 0 saturated heterocycles. The number of aryl methyl sites for hydroxylation is 2. The second-order valence-electron chi connectivity index (χ2n) is 7.61. The Hall–Kier alpha value is -4.03. The van der Waals surface area contributed by atoms with Crippen molar-refractivity contribution in [2.24, 2.45) is 5.73 Å². The standard InChI is InChI=1S/C24H26FN5O5S/c1-5-17-18-11-14(2)20(35-24-28-9-6-10-29-24)13-21(18)34-23(31)19(17)12-16(7-8-26)22(25)15(3)30-36(32,33)27-4/h6-11,13,27,30H,3,5,12,26H2,1-2,4H3/b8-7-,22-16-. The van der Waals surface area contributed by atoms with Gasteiger partial charge in [-0.25, -0.2) is 23.9 Å². The van der Waals surface area contributed by atoms with E-state index >= 15 is 4.39 Å². The van der Waals surface area contributed by atoms with Crippen LogP contribution in [0.25, 0.3) is 11.0 Å². The zero-order chi connectivity index (χ0) is 26.5. The van der Waals surface area contributed by atoms with E-state index < -0.39 is 27.4 Å². The molecule has 36 heavy (non-hydrogen) atoms. The third-order valence-corrected chi connectivity index (χ3v) is 6.30. The molecular weight excluding hydrogens is 489 g/mol. The number of halogens is 1. The van der Waals surface area contributed by atoms with E-state index in [0.717, 1.165) is 18.8 Å². The van der Waals surface area contributed by atoms with Crippen molar-refractivity contribution in [3.8, 4) is 11.8 Å². The minimum atomic E-state index is -4.00. The van der Waals surface area contributed by atoms with Gasteiger partial charge in [-0.1, -0.05) is 13.5 Å². The lowest BCUT2D eigenvalue weighted by atomic mass is 9.95. The molecule has 0 spiro atoms. The Morgan fingerprint density at radius 3 is 2.58 bits per heavy atom. The monoisotopic (exact) mass is 515 g/mol. The summed E-state index contributed by atoms with van der Waals surface area (Å²) in [7, 11) is -2.83. The van der Waals surface area contributed by atoms with Crippen LogP contribution < -0.4 is 25.5 Å². The van der Waals surface area contributed by atoms with E-state index in [1.165, 1.54) is 6.08 Å². The summed E-state index contributed by atoms with van der Waals surface area (Å²) in [6.07, 6.45) is 5.63. The number of rotatable bonds is 10. The molecular formula is C24H26FN5O5S. The van der Waals surface area contributed by atoms with Crippen LogP contribution in [-0.2, 0) is 23.1 Å². The van der Waals surface area contributed by atoms with Crippen LogP contribution in [0.3, 0.4) is 0 Å². The summed E-state index contributed by atoms with van der Waals surface area (Å²) in [4.78, 5) is 21.1. The summed E-state index contributed by atoms with van der Waals surface area (Å²) in [6, 6.07) is 5.18. The summed E-state index contributed by atoms with van der Waals surface area (Å²) in [6.45, 7) is 7.12. The number of nitrogens with zero attached hydrogens (tertiary/aromatic N) is 2. The summed E-state index contributed by atoms with van der Waals surface area (Å²) >= 11 is 0. The molecule has 0 aliphatic carbocycles. The first-order valence-electron chi connectivity index (χ1n) is 10.8. The molecule has 1 aromatic carbocycles. The number of aromatic nitrogens is 2. The topological polar surface area (TPSA) is 149 Å². The molecule has 3 rings (SSSR count). The van der Waals surface area contributed by atoms with Crippen LogP contribution in [0, 0.1) is 6.92 Å². The fraction of sp³-hybridized carbons (Fsp3) is 0.208. The Labute approximate surface area is 207 Å². The molecule has 0 fully saturated rings. The highest BCUT2D eigenvalue weighted by Crippen LogP contribution is 2.31. The van der Waals surface area contributed by atoms with Crippen molar-refractivity contribution in [3.05, 3.63) is 93.7 Å². The van der Waals surface area contributed by atoms with E-state index in [2.05, 4.69) is 16.5 Å². The van der Waals surface area contributed by atoms with E-state index in [1.54, 1.807) is 30.6 Å². The summed E-state index contributed by atoms with van der Waals surface area (Å²) in [5.41, 5.74) is 6.11. The second kappa shape index (κ2) is 11.1. The lowest BCUT2D eigenvalue weighted by Gasteiger charge is -2.14. The van der Waals surface area contributed by atoms with E-state index in [-0.39, 0.29) is 29.2 Å². The second-order valence-corrected chi connectivity index (χ2v) is 9.23. The number of nitrogens with two attached hydrogens (primary N) is 1. The van der Waals surface area contributed by atoms with Gasteiger partial charge >= 0.3 is 11.6 Å². The molecule has 0 aliphatic heterocycles. The predicted molar refractivity (Wildman–Crippen MR) is 134 cm³/mol. The first-order chi connectivity index (χ1) is 17.1. The van der Waals surface area contributed by atoms with E-state index in [1.807, 2.05) is 23.3 Å². The molecule has 4 N–H and O–H groups in total. The van der Waals surface area contributed by atoms with Crippen molar-refractivity contribution < 1.29 is 22.0 Å². The quantitative estimate of drug-likeness (QED) is 0.275. The van der Waals surface area contributed by atoms with Gasteiger partial charge in [0.05, 0.1) is 5.70 Å². The van der Waals surface area contributed by atoms with Gasteiger partial charge in [-0.2, -0.15) is 8.42 Å². The summed E-state index contributed by atoms with van der Waals surface area (Å²) < 4.78 is 53.9. The van der Waals surface area contributed by atoms with Crippen LogP contribution in [0.2, 0.25) is 0 Å². The Bertz CT molecular complexity index is 1520. The average molecular weight is 516 g/mol. The van der Waals surface area contributed by atoms with Crippen LogP contribution in [0.15, 0.2) is 75.8 Å². The van der Waals surface area contributed by atoms with E-state index in [4.69, 9.17) is 14.9 Å². The molecule has 0 amide bonds. The van der Waals surface area contributed by atoms with Gasteiger partial charge in [-0.3, -0.25) is 4.72 Å². The summed E-state index contributed by atoms with van der Waals surface area (Å²) in [5.74, 6) is -0.558. The Kier molecular flexibility index (Phi) is 8.22. The number of fused-ring (bicyclic) bond motifs is 1. The molecule has 0 unspecified atom stereocenters. The van der Waals surface area contributed by atoms with Crippen LogP contribution >= 0.6 is 0 Å². The van der Waals surface area contributed by atoms with Crippen molar-refractivity contribution >= 4 is 21.2 Å². The maximum Gasteiger partial charge on any atom is 0.340 e. The zero-order valence-electron chi connectivity index (χ0n) is 20.0. The maximum atomic E-state index is 15.2. The largest absolute Gasteiger partial charge is 0.424 e. The molecule has 0 atom stereocenters. The molecule has 0 bridgehead atoms. The minimum absolute atomic E-state index is 0.0550. The van der Waals surface area contributed by atoms with Crippen LogP contribution in [0.5, 0.6) is 11.8 Å². The van der Waals surface area contributed by atoms with Crippen molar-refractivity contribution in [2.75, 3.05) is 7.05 Å². The molecule has 190 valence electrons. The van der Waals surface area contributed by atoms with Crippen LogP contribution in [0.4, 0.5) is 4.39 Å². The molecule has 3 aromatic rings. The zero-order valence-corrected chi connectivity index (χ0v) is 20.8. The van der Waals surface area contributed by atoms with Gasteiger partial charge in [-0.15, -0.1) is 0 Å². The van der Waals surface area contributed by atoms with Gasteiger partial charge < -0.3 is 14.9 Å². The molecule has 2 heterocycles. The summed E-state index contributed by atoms with van der Waals surface area (Å²) in [5, 5.41) is 0.650. The van der Waals surface area contributed by atoms with E-state index in [9.17, 15) is 13.2 Å². The lowest BCUT2D eigenvalue weighted by Crippen LogP contribution is -2.33. The minimum Gasteiger partial charge on any atom is -0.424 e. The highest BCUT2D eigenvalue weighted by Gasteiger charge is 2.20. The van der Waals surface area contributed by atoms with Gasteiger partial charge in [0.1, 0.15) is 17.2 Å². The van der Waals surface area contributed by atoms with Crippen molar-refractivity contribution in [1.29, 1.82) is 0 Å². The number of ether oxygens (including phenoxy) is 1. The highest BCUT2D eigenvalue weighted by molar-refractivity contribution is 7.87. The van der Waals surface area contributed by atoms with Gasteiger partial charge in [0.25, 0.3) is 10.2 Å². The molecule has 0 radical (unpaired) electrons. The van der Waals surface area contributed by atoms with Gasteiger partial charge in [0.15, 0.2) is 0 Å². The SMILES string of the molecule is C=C(NS(=O)(=O)NC)/C(F)=C(\C=C/N)Cc1c(CC)c2cc(C)c(Oc3ncccn3)cc2oc1=O. The van der Waals surface area contributed by atoms with Crippen molar-refractivity contribution in [3.63, 3.8) is 0 Å². The fourth-order valence-electron chi connectivity index (χ4n) is 3.53. The number of hydrogen-bond donors (Lipinski definition) is 3. The van der Waals surface area contributed by atoms with Crippen LogP contribution in [-0.4, -0.2) is 25.4 Å². The van der Waals surface area contributed by atoms with Crippen molar-refractivity contribution in [2.45, 2.75) is 26.7 Å². The number of hydrogen-bond acceptors (Lipinski definition) is 8. The van der Waals surface area contributed by atoms with E-state index in [0.29, 0.717) is 23.1 Å². The molecule has 0 saturated carbocycles. The lowest BCUT2D eigenvalue weighted by molar-refractivity contribution is 0.437. The van der Waals surface area contributed by atoms with Crippen molar-refractivity contribution in [1.82, 2.24) is 19.4 Å². The number of allylic oxidation sites excluding steroid dienone is 3. The molecule has 0 aliphatic rings. The normalized spacial score (nSPS) is 12.6. The van der Waals surface area contributed by atoms with Gasteiger partial charge in [-0.05, 0) is 54.5 Å². The first kappa shape index (κ1) is 26.6. The maximum absolute atomic E-state index is 15.2. The number of benzene rings is 1. The average Bonchev–Trinajstić information content (AvgIpc) is 2.85. The third kappa shape index (κ3) is 5.96. The van der Waals surface area contributed by atoms with Gasteiger partial charge in [0.2, 0.25) is 0 Å². The first-order valence-corrected chi connectivity index (χ1v) is 12.3. The molecule has 10 nitrogen and oxygen atoms in total. The Morgan fingerprint density at radius 1 is 1.28 bits per heavy atom. The Balaban J connectivity index is 2.09. The Morgan fingerprint density at radius 2 is 1.97 bits per heavy atom. The third-order valence-electron chi connectivity index (χ3n) is 5.25.